The van der Waals surface area contributed by atoms with Crippen molar-refractivity contribution in [2.24, 2.45) is 0 Å². The van der Waals surface area contributed by atoms with Crippen LogP contribution in [-0.4, -0.2) is 35.1 Å². The van der Waals surface area contributed by atoms with E-state index in [1.807, 2.05) is 6.07 Å². The number of urea groups is 1. The van der Waals surface area contributed by atoms with E-state index in [1.54, 1.807) is 78.9 Å². The highest BCUT2D eigenvalue weighted by atomic mass is 16.5. The standard InChI is InChI=1S/C25H20N2O5/c28-21-15-26-25(31)27(21)16-17-11-13-20(14-12-17)24(30)32-23(19-9-5-2-6-10-19)22(29)18-7-3-1-4-8-18/h1-14,23H,15-16H2,(H,26,31)/t23-/m0/s1. The van der Waals surface area contributed by atoms with Gasteiger partial charge in [0.05, 0.1) is 18.7 Å². The number of nitrogens with zero attached hydrogens (tertiary/aromatic N) is 1. The van der Waals surface area contributed by atoms with Gasteiger partial charge in [-0.3, -0.25) is 14.5 Å². The number of hydrogen-bond acceptors (Lipinski definition) is 5. The number of nitrogens with one attached hydrogen (secondary N) is 1. The lowest BCUT2D eigenvalue weighted by Gasteiger charge is -2.18. The van der Waals surface area contributed by atoms with Gasteiger partial charge < -0.3 is 10.1 Å². The highest BCUT2D eigenvalue weighted by Gasteiger charge is 2.29. The number of Topliss-reactive ketones (excluding diaryl/α,β-unsaturated/α-hetero) is 1. The molecular weight excluding hydrogens is 408 g/mol. The number of amides is 3. The molecule has 0 spiro atoms. The van der Waals surface area contributed by atoms with Gasteiger partial charge in [-0.25, -0.2) is 9.59 Å². The molecule has 0 aliphatic carbocycles. The molecule has 0 bridgehead atoms. The Labute approximate surface area is 184 Å². The minimum Gasteiger partial charge on any atom is -0.445 e. The van der Waals surface area contributed by atoms with Crippen molar-refractivity contribution in [2.75, 3.05) is 6.54 Å². The molecule has 1 saturated heterocycles. The number of carbonyl (C=O) groups is 4. The van der Waals surface area contributed by atoms with Crippen molar-refractivity contribution in [2.45, 2.75) is 12.6 Å². The first-order valence-corrected chi connectivity index (χ1v) is 10.1. The van der Waals surface area contributed by atoms with Gasteiger partial charge in [0.1, 0.15) is 0 Å². The van der Waals surface area contributed by atoms with E-state index in [2.05, 4.69) is 5.32 Å². The third-order valence-electron chi connectivity index (χ3n) is 5.09. The van der Waals surface area contributed by atoms with Crippen molar-refractivity contribution in [3.8, 4) is 0 Å². The van der Waals surface area contributed by atoms with Gasteiger partial charge in [-0.05, 0) is 17.7 Å². The smallest absolute Gasteiger partial charge is 0.339 e. The zero-order chi connectivity index (χ0) is 22.5. The van der Waals surface area contributed by atoms with Crippen LogP contribution in [0.1, 0.15) is 37.9 Å². The Kier molecular flexibility index (Phi) is 6.07. The van der Waals surface area contributed by atoms with Gasteiger partial charge in [0.15, 0.2) is 6.10 Å². The average Bonchev–Trinajstić information content (AvgIpc) is 3.15. The monoisotopic (exact) mass is 428 g/mol. The number of esters is 1. The third-order valence-corrected chi connectivity index (χ3v) is 5.09. The summed E-state index contributed by atoms with van der Waals surface area (Å²) in [5.41, 5.74) is 1.96. The Morgan fingerprint density at radius 1 is 0.844 bits per heavy atom. The number of benzene rings is 3. The molecule has 3 aromatic carbocycles. The summed E-state index contributed by atoms with van der Waals surface area (Å²) >= 11 is 0. The fourth-order valence-corrected chi connectivity index (χ4v) is 3.37. The maximum Gasteiger partial charge on any atom is 0.339 e. The summed E-state index contributed by atoms with van der Waals surface area (Å²) in [5.74, 6) is -1.27. The van der Waals surface area contributed by atoms with E-state index < -0.39 is 18.1 Å². The number of rotatable bonds is 7. The first-order valence-electron chi connectivity index (χ1n) is 10.1. The number of ketones is 1. The Balaban J connectivity index is 1.51. The summed E-state index contributed by atoms with van der Waals surface area (Å²) < 4.78 is 5.63. The predicted octanol–water partition coefficient (Wildman–Crippen LogP) is 3.52. The lowest BCUT2D eigenvalue weighted by atomic mass is 9.99. The van der Waals surface area contributed by atoms with E-state index in [4.69, 9.17) is 4.74 Å². The van der Waals surface area contributed by atoms with Gasteiger partial charge in [0, 0.05) is 11.1 Å². The lowest BCUT2D eigenvalue weighted by Crippen LogP contribution is -2.30. The van der Waals surface area contributed by atoms with Crippen LogP contribution < -0.4 is 5.32 Å². The molecule has 1 N–H and O–H groups in total. The number of hydrogen-bond donors (Lipinski definition) is 1. The summed E-state index contributed by atoms with van der Waals surface area (Å²) in [5, 5.41) is 2.46. The van der Waals surface area contributed by atoms with Crippen LogP contribution in [0.25, 0.3) is 0 Å². The molecule has 3 amide bonds. The van der Waals surface area contributed by atoms with E-state index in [1.165, 1.54) is 0 Å². The summed E-state index contributed by atoms with van der Waals surface area (Å²) in [4.78, 5) is 50.4. The van der Waals surface area contributed by atoms with Crippen molar-refractivity contribution in [3.05, 3.63) is 107 Å². The predicted molar refractivity (Wildman–Crippen MR) is 116 cm³/mol. The fourth-order valence-electron chi connectivity index (χ4n) is 3.37. The van der Waals surface area contributed by atoms with Gasteiger partial charge in [-0.15, -0.1) is 0 Å². The molecule has 1 aliphatic heterocycles. The number of ether oxygens (including phenoxy) is 1. The molecule has 1 fully saturated rings. The first kappa shape index (κ1) is 21.0. The lowest BCUT2D eigenvalue weighted by molar-refractivity contribution is -0.125. The molecule has 0 aromatic heterocycles. The second-order valence-electron chi connectivity index (χ2n) is 7.26. The van der Waals surface area contributed by atoms with E-state index in [-0.39, 0.29) is 30.3 Å². The third kappa shape index (κ3) is 4.57. The van der Waals surface area contributed by atoms with Crippen molar-refractivity contribution in [3.63, 3.8) is 0 Å². The Morgan fingerprint density at radius 3 is 2.06 bits per heavy atom. The second kappa shape index (κ2) is 9.26. The second-order valence-corrected chi connectivity index (χ2v) is 7.26. The molecule has 1 heterocycles. The van der Waals surface area contributed by atoms with Crippen LogP contribution in [0.15, 0.2) is 84.9 Å². The quantitative estimate of drug-likeness (QED) is 0.353. The molecule has 1 atom stereocenters. The van der Waals surface area contributed by atoms with Crippen LogP contribution in [0.2, 0.25) is 0 Å². The summed E-state index contributed by atoms with van der Waals surface area (Å²) in [6.45, 7) is 0.0959. The summed E-state index contributed by atoms with van der Waals surface area (Å²) in [6.07, 6.45) is -1.09. The normalized spacial score (nSPS) is 14.1. The van der Waals surface area contributed by atoms with Crippen molar-refractivity contribution in [1.29, 1.82) is 0 Å². The number of carbonyl (C=O) groups excluding carboxylic acids is 4. The molecule has 1 aliphatic rings. The maximum absolute atomic E-state index is 13.1. The molecule has 7 nitrogen and oxygen atoms in total. The number of imide groups is 1. The molecule has 7 heteroatoms. The minimum atomic E-state index is -1.09. The van der Waals surface area contributed by atoms with Crippen LogP contribution in [0, 0.1) is 0 Å². The van der Waals surface area contributed by atoms with Gasteiger partial charge in [-0.1, -0.05) is 72.8 Å². The topological polar surface area (TPSA) is 92.8 Å². The Bertz CT molecular complexity index is 1130. The SMILES string of the molecule is O=C(O[C@H](C(=O)c1ccccc1)c1ccccc1)c1ccc(CN2C(=O)CNC2=O)cc1. The minimum absolute atomic E-state index is 0.0143. The van der Waals surface area contributed by atoms with E-state index >= 15 is 0 Å². The van der Waals surface area contributed by atoms with Gasteiger partial charge in [0.2, 0.25) is 11.7 Å². The van der Waals surface area contributed by atoms with E-state index in [0.717, 1.165) is 4.90 Å². The fraction of sp³-hybridized carbons (Fsp3) is 0.120. The van der Waals surface area contributed by atoms with Crippen molar-refractivity contribution < 1.29 is 23.9 Å². The summed E-state index contributed by atoms with van der Waals surface area (Å²) in [6, 6.07) is 23.5. The molecule has 0 unspecified atom stereocenters. The summed E-state index contributed by atoms with van der Waals surface area (Å²) in [7, 11) is 0. The molecule has 4 rings (SSSR count). The van der Waals surface area contributed by atoms with Gasteiger partial charge in [-0.2, -0.15) is 0 Å². The Hall–Kier alpha value is -4.26. The zero-order valence-corrected chi connectivity index (χ0v) is 17.1. The molecular formula is C25H20N2O5. The highest BCUT2D eigenvalue weighted by molar-refractivity contribution is 6.02. The van der Waals surface area contributed by atoms with Crippen LogP contribution in [0.5, 0.6) is 0 Å². The Morgan fingerprint density at radius 2 is 1.47 bits per heavy atom. The largest absolute Gasteiger partial charge is 0.445 e. The van der Waals surface area contributed by atoms with Crippen LogP contribution in [-0.2, 0) is 16.1 Å². The molecule has 160 valence electrons. The molecule has 3 aromatic rings. The van der Waals surface area contributed by atoms with Gasteiger partial charge >= 0.3 is 12.0 Å². The van der Waals surface area contributed by atoms with Crippen molar-refractivity contribution >= 4 is 23.7 Å². The van der Waals surface area contributed by atoms with Crippen molar-refractivity contribution in [1.82, 2.24) is 10.2 Å². The molecule has 0 saturated carbocycles. The first-order chi connectivity index (χ1) is 15.5. The van der Waals surface area contributed by atoms with Gasteiger partial charge in [0.25, 0.3) is 0 Å². The van der Waals surface area contributed by atoms with Crippen LogP contribution in [0.4, 0.5) is 4.79 Å². The van der Waals surface area contributed by atoms with E-state index in [0.29, 0.717) is 16.7 Å². The molecule has 0 radical (unpaired) electrons. The average molecular weight is 428 g/mol. The highest BCUT2D eigenvalue weighted by Crippen LogP contribution is 2.24. The van der Waals surface area contributed by atoms with E-state index in [9.17, 15) is 19.2 Å². The molecule has 32 heavy (non-hydrogen) atoms. The zero-order valence-electron chi connectivity index (χ0n) is 17.1. The van der Waals surface area contributed by atoms with Crippen LogP contribution >= 0.6 is 0 Å². The maximum atomic E-state index is 13.1. The van der Waals surface area contributed by atoms with Crippen LogP contribution in [0.3, 0.4) is 0 Å².